The van der Waals surface area contributed by atoms with Crippen molar-refractivity contribution in [2.75, 3.05) is 11.1 Å². The van der Waals surface area contributed by atoms with E-state index in [2.05, 4.69) is 15.3 Å². The van der Waals surface area contributed by atoms with Crippen molar-refractivity contribution in [3.8, 4) is 6.07 Å². The molecule has 0 aliphatic carbocycles. The molecular weight excluding hydrogens is 286 g/mol. The van der Waals surface area contributed by atoms with E-state index in [-0.39, 0.29) is 11.6 Å². The van der Waals surface area contributed by atoms with Crippen LogP contribution in [0.3, 0.4) is 0 Å². The van der Waals surface area contributed by atoms with Crippen LogP contribution in [0.25, 0.3) is 10.2 Å². The Balaban J connectivity index is 1.83. The van der Waals surface area contributed by atoms with E-state index in [9.17, 15) is 4.79 Å². The summed E-state index contributed by atoms with van der Waals surface area (Å²) in [5.41, 5.74) is 7.77. The van der Waals surface area contributed by atoms with Crippen LogP contribution in [0.15, 0.2) is 36.5 Å². The van der Waals surface area contributed by atoms with Gasteiger partial charge in [-0.05, 0) is 30.3 Å². The van der Waals surface area contributed by atoms with Gasteiger partial charge in [-0.25, -0.2) is 9.97 Å². The van der Waals surface area contributed by atoms with Crippen molar-refractivity contribution in [3.05, 3.63) is 47.8 Å². The number of thiazole rings is 1. The Morgan fingerprint density at radius 3 is 2.90 bits per heavy atom. The van der Waals surface area contributed by atoms with Gasteiger partial charge in [0.05, 0.1) is 15.8 Å². The topological polar surface area (TPSA) is 105 Å². The maximum Gasteiger partial charge on any atom is 0.276 e. The fraction of sp³-hybridized carbons (Fsp3) is 0. The van der Waals surface area contributed by atoms with Gasteiger partial charge in [-0.1, -0.05) is 11.3 Å². The molecule has 0 saturated heterocycles. The Labute approximate surface area is 123 Å². The first kappa shape index (κ1) is 13.0. The molecule has 0 bridgehead atoms. The number of nitriles is 1. The molecule has 3 rings (SSSR count). The third kappa shape index (κ3) is 2.66. The van der Waals surface area contributed by atoms with Gasteiger partial charge in [-0.2, -0.15) is 5.26 Å². The number of nitrogens with two attached hydrogens (primary N) is 1. The molecule has 2 aromatic heterocycles. The lowest BCUT2D eigenvalue weighted by Gasteiger charge is -2.00. The first-order chi connectivity index (χ1) is 10.2. The van der Waals surface area contributed by atoms with Crippen LogP contribution >= 0.6 is 11.3 Å². The first-order valence-corrected chi connectivity index (χ1v) is 6.81. The number of rotatable bonds is 2. The number of aromatic nitrogens is 2. The minimum atomic E-state index is -0.369. The lowest BCUT2D eigenvalue weighted by molar-refractivity contribution is 0.102. The van der Waals surface area contributed by atoms with Crippen LogP contribution in [0, 0.1) is 11.3 Å². The summed E-state index contributed by atoms with van der Waals surface area (Å²) in [6.45, 7) is 0. The van der Waals surface area contributed by atoms with E-state index in [0.29, 0.717) is 16.4 Å². The standard InChI is InChI=1S/C14H9N5OS/c15-6-8-1-3-11(17-7-8)13(20)19-14-18-10-4-2-9(16)5-12(10)21-14/h1-5,7H,16H2,(H,18,19,20). The van der Waals surface area contributed by atoms with E-state index in [0.717, 1.165) is 10.2 Å². The monoisotopic (exact) mass is 295 g/mol. The summed E-state index contributed by atoms with van der Waals surface area (Å²) in [4.78, 5) is 20.3. The molecular formula is C14H9N5OS. The Hall–Kier alpha value is -2.98. The van der Waals surface area contributed by atoms with Crippen LogP contribution in [0.1, 0.15) is 16.1 Å². The Bertz CT molecular complexity index is 863. The van der Waals surface area contributed by atoms with Crippen LogP contribution in [-0.4, -0.2) is 15.9 Å². The minimum absolute atomic E-state index is 0.229. The lowest BCUT2D eigenvalue weighted by atomic mass is 10.2. The molecule has 0 aliphatic heterocycles. The molecule has 2 heterocycles. The summed E-state index contributed by atoms with van der Waals surface area (Å²) in [6.07, 6.45) is 1.36. The molecule has 0 fully saturated rings. The van der Waals surface area contributed by atoms with Crippen LogP contribution in [0.4, 0.5) is 10.8 Å². The van der Waals surface area contributed by atoms with E-state index >= 15 is 0 Å². The highest BCUT2D eigenvalue weighted by Crippen LogP contribution is 2.27. The van der Waals surface area contributed by atoms with Crippen molar-refractivity contribution in [1.29, 1.82) is 5.26 Å². The molecule has 0 unspecified atom stereocenters. The summed E-state index contributed by atoms with van der Waals surface area (Å²) >= 11 is 1.34. The summed E-state index contributed by atoms with van der Waals surface area (Å²) in [6, 6.07) is 10.4. The van der Waals surface area contributed by atoms with E-state index in [1.807, 2.05) is 12.1 Å². The molecule has 0 aliphatic rings. The summed E-state index contributed by atoms with van der Waals surface area (Å²) in [5.74, 6) is -0.369. The second-order valence-corrected chi connectivity index (χ2v) is 5.27. The number of nitrogen functional groups attached to an aromatic ring is 1. The van der Waals surface area contributed by atoms with E-state index in [1.54, 1.807) is 18.2 Å². The number of nitrogens with zero attached hydrogens (tertiary/aromatic N) is 3. The smallest absolute Gasteiger partial charge is 0.276 e. The minimum Gasteiger partial charge on any atom is -0.399 e. The summed E-state index contributed by atoms with van der Waals surface area (Å²) in [5, 5.41) is 11.9. The quantitative estimate of drug-likeness (QED) is 0.706. The van der Waals surface area contributed by atoms with Crippen molar-refractivity contribution in [2.24, 2.45) is 0 Å². The summed E-state index contributed by atoms with van der Waals surface area (Å²) in [7, 11) is 0. The molecule has 0 spiro atoms. The maximum absolute atomic E-state index is 12.0. The summed E-state index contributed by atoms with van der Waals surface area (Å²) < 4.78 is 0.901. The molecule has 3 aromatic rings. The number of carbonyl (C=O) groups excluding carboxylic acids is 1. The van der Waals surface area contributed by atoms with Crippen LogP contribution in [-0.2, 0) is 0 Å². The van der Waals surface area contributed by atoms with Crippen LogP contribution in [0.2, 0.25) is 0 Å². The number of fused-ring (bicyclic) bond motifs is 1. The number of hydrogen-bond donors (Lipinski definition) is 2. The SMILES string of the molecule is N#Cc1ccc(C(=O)Nc2nc3ccc(N)cc3s2)nc1. The van der Waals surface area contributed by atoms with Gasteiger partial charge in [0, 0.05) is 11.9 Å². The predicted molar refractivity (Wildman–Crippen MR) is 80.9 cm³/mol. The van der Waals surface area contributed by atoms with Gasteiger partial charge in [0.1, 0.15) is 11.8 Å². The van der Waals surface area contributed by atoms with Crippen molar-refractivity contribution in [2.45, 2.75) is 0 Å². The lowest BCUT2D eigenvalue weighted by Crippen LogP contribution is -2.13. The molecule has 0 atom stereocenters. The molecule has 21 heavy (non-hydrogen) atoms. The van der Waals surface area contributed by atoms with Crippen molar-refractivity contribution in [1.82, 2.24) is 9.97 Å². The van der Waals surface area contributed by atoms with E-state index in [1.165, 1.54) is 23.6 Å². The van der Waals surface area contributed by atoms with Gasteiger partial charge in [0.15, 0.2) is 5.13 Å². The Morgan fingerprint density at radius 1 is 1.33 bits per heavy atom. The highest BCUT2D eigenvalue weighted by molar-refractivity contribution is 7.22. The van der Waals surface area contributed by atoms with Gasteiger partial charge in [0.2, 0.25) is 0 Å². The normalized spacial score (nSPS) is 10.2. The van der Waals surface area contributed by atoms with Crippen molar-refractivity contribution in [3.63, 3.8) is 0 Å². The molecule has 1 aromatic carbocycles. The Kier molecular flexibility index (Phi) is 3.22. The van der Waals surface area contributed by atoms with Gasteiger partial charge < -0.3 is 5.73 Å². The zero-order valence-corrected chi connectivity index (χ0v) is 11.5. The second-order valence-electron chi connectivity index (χ2n) is 4.24. The van der Waals surface area contributed by atoms with E-state index in [4.69, 9.17) is 11.0 Å². The third-order valence-corrected chi connectivity index (χ3v) is 3.69. The van der Waals surface area contributed by atoms with Crippen molar-refractivity contribution < 1.29 is 4.79 Å². The zero-order valence-electron chi connectivity index (χ0n) is 10.7. The Morgan fingerprint density at radius 2 is 2.19 bits per heavy atom. The van der Waals surface area contributed by atoms with Gasteiger partial charge in [0.25, 0.3) is 5.91 Å². The first-order valence-electron chi connectivity index (χ1n) is 5.99. The number of hydrogen-bond acceptors (Lipinski definition) is 6. The number of benzene rings is 1. The molecule has 0 saturated carbocycles. The number of anilines is 2. The molecule has 7 heteroatoms. The average molecular weight is 295 g/mol. The molecule has 102 valence electrons. The largest absolute Gasteiger partial charge is 0.399 e. The van der Waals surface area contributed by atoms with Gasteiger partial charge >= 0.3 is 0 Å². The number of amides is 1. The van der Waals surface area contributed by atoms with Crippen molar-refractivity contribution >= 4 is 38.3 Å². The third-order valence-electron chi connectivity index (χ3n) is 2.76. The predicted octanol–water partition coefficient (Wildman–Crippen LogP) is 2.40. The fourth-order valence-corrected chi connectivity index (χ4v) is 2.66. The molecule has 0 radical (unpaired) electrons. The second kappa shape index (κ2) is 5.19. The molecule has 3 N–H and O–H groups in total. The number of carbonyl (C=O) groups is 1. The maximum atomic E-state index is 12.0. The van der Waals surface area contributed by atoms with Gasteiger partial charge in [-0.15, -0.1) is 0 Å². The molecule has 6 nitrogen and oxygen atoms in total. The highest BCUT2D eigenvalue weighted by Gasteiger charge is 2.11. The zero-order chi connectivity index (χ0) is 14.8. The molecule has 1 amide bonds. The van der Waals surface area contributed by atoms with Crippen LogP contribution in [0.5, 0.6) is 0 Å². The average Bonchev–Trinajstić information content (AvgIpc) is 2.88. The fourth-order valence-electron chi connectivity index (χ4n) is 1.75. The van der Waals surface area contributed by atoms with E-state index < -0.39 is 0 Å². The highest BCUT2D eigenvalue weighted by atomic mass is 32.1. The van der Waals surface area contributed by atoms with Crippen LogP contribution < -0.4 is 11.1 Å². The van der Waals surface area contributed by atoms with Gasteiger partial charge in [-0.3, -0.25) is 10.1 Å². The number of nitrogens with one attached hydrogen (secondary N) is 1. The number of pyridine rings is 1.